The lowest BCUT2D eigenvalue weighted by Gasteiger charge is -2.13. The van der Waals surface area contributed by atoms with Crippen LogP contribution in [0.2, 0.25) is 10.0 Å². The molecule has 0 atom stereocenters. The van der Waals surface area contributed by atoms with Crippen molar-refractivity contribution in [2.45, 2.75) is 25.7 Å². The molecule has 0 aliphatic rings. The Kier molecular flexibility index (Phi) is 5.47. The zero-order valence-electron chi connectivity index (χ0n) is 15.0. The van der Waals surface area contributed by atoms with E-state index in [2.05, 4.69) is 9.71 Å². The van der Waals surface area contributed by atoms with Crippen LogP contribution in [0.3, 0.4) is 0 Å². The van der Waals surface area contributed by atoms with Crippen LogP contribution in [-0.4, -0.2) is 13.4 Å². The van der Waals surface area contributed by atoms with Crippen molar-refractivity contribution in [1.82, 2.24) is 4.98 Å². The molecular weight excluding hydrogens is 403 g/mol. The first-order chi connectivity index (χ1) is 12.7. The second-order valence-electron chi connectivity index (χ2n) is 6.26. The molecule has 0 radical (unpaired) electrons. The van der Waals surface area contributed by atoms with Gasteiger partial charge in [0, 0.05) is 21.3 Å². The average Bonchev–Trinajstić information content (AvgIpc) is 2.59. The van der Waals surface area contributed by atoms with Gasteiger partial charge in [0.1, 0.15) is 5.82 Å². The molecule has 7 heteroatoms. The molecule has 0 unspecified atom stereocenters. The molecule has 2 aromatic carbocycles. The largest absolute Gasteiger partial charge is 0.263 e. The molecule has 0 saturated heterocycles. The van der Waals surface area contributed by atoms with Crippen LogP contribution in [0.15, 0.2) is 53.4 Å². The fraction of sp³-hybridized carbons (Fsp3) is 0.150. The smallest absolute Gasteiger partial charge is 0.263 e. The van der Waals surface area contributed by atoms with Crippen molar-refractivity contribution < 1.29 is 8.42 Å². The maximum atomic E-state index is 12.7. The van der Waals surface area contributed by atoms with E-state index in [1.54, 1.807) is 25.1 Å². The van der Waals surface area contributed by atoms with Crippen molar-refractivity contribution in [2.75, 3.05) is 4.72 Å². The van der Waals surface area contributed by atoms with Crippen LogP contribution in [0.5, 0.6) is 0 Å². The number of benzene rings is 2. The molecule has 0 fully saturated rings. The van der Waals surface area contributed by atoms with E-state index in [-0.39, 0.29) is 10.7 Å². The minimum atomic E-state index is -3.79. The normalized spacial score (nSPS) is 11.4. The quantitative estimate of drug-likeness (QED) is 0.581. The highest BCUT2D eigenvalue weighted by Crippen LogP contribution is 2.30. The molecule has 0 spiro atoms. The van der Waals surface area contributed by atoms with E-state index in [0.29, 0.717) is 21.3 Å². The van der Waals surface area contributed by atoms with Crippen molar-refractivity contribution in [3.05, 3.63) is 75.4 Å². The summed E-state index contributed by atoms with van der Waals surface area (Å²) in [5.41, 5.74) is 4.12. The van der Waals surface area contributed by atoms with Gasteiger partial charge in [-0.1, -0.05) is 35.3 Å². The third kappa shape index (κ3) is 4.10. The van der Waals surface area contributed by atoms with Crippen LogP contribution in [0.4, 0.5) is 5.82 Å². The highest BCUT2D eigenvalue weighted by molar-refractivity contribution is 7.92. The number of nitrogens with one attached hydrogen (secondary N) is 1. The molecule has 0 amide bonds. The molecule has 27 heavy (non-hydrogen) atoms. The Bertz CT molecular complexity index is 1130. The van der Waals surface area contributed by atoms with E-state index < -0.39 is 10.0 Å². The predicted octanol–water partition coefficient (Wildman–Crippen LogP) is 5.78. The number of aryl methyl sites for hydroxylation is 2. The fourth-order valence-corrected chi connectivity index (χ4v) is 4.53. The summed E-state index contributed by atoms with van der Waals surface area (Å²) in [6.07, 6.45) is 0. The lowest BCUT2D eigenvalue weighted by Crippen LogP contribution is -2.15. The average molecular weight is 421 g/mol. The molecule has 1 N–H and O–H groups in total. The number of sulfonamides is 1. The van der Waals surface area contributed by atoms with Crippen LogP contribution in [-0.2, 0) is 10.0 Å². The number of pyridine rings is 1. The lowest BCUT2D eigenvalue weighted by molar-refractivity contribution is 0.600. The minimum Gasteiger partial charge on any atom is -0.263 e. The number of hydrogen-bond donors (Lipinski definition) is 1. The highest BCUT2D eigenvalue weighted by Gasteiger charge is 2.19. The van der Waals surface area contributed by atoms with Gasteiger partial charge in [0.25, 0.3) is 10.0 Å². The van der Waals surface area contributed by atoms with Gasteiger partial charge >= 0.3 is 0 Å². The number of aromatic nitrogens is 1. The molecule has 1 heterocycles. The summed E-state index contributed by atoms with van der Waals surface area (Å²) >= 11 is 12.2. The number of hydrogen-bond acceptors (Lipinski definition) is 3. The van der Waals surface area contributed by atoms with Crippen LogP contribution in [0, 0.1) is 20.8 Å². The molecular formula is C20H18Cl2N2O2S. The summed E-state index contributed by atoms with van der Waals surface area (Å²) in [5.74, 6) is 0.246. The zero-order chi connectivity index (χ0) is 19.8. The van der Waals surface area contributed by atoms with Crippen LogP contribution < -0.4 is 4.72 Å². The Morgan fingerprint density at radius 1 is 0.926 bits per heavy atom. The summed E-state index contributed by atoms with van der Waals surface area (Å²) in [5, 5.41) is 1.03. The monoisotopic (exact) mass is 420 g/mol. The zero-order valence-corrected chi connectivity index (χ0v) is 17.4. The summed E-state index contributed by atoms with van der Waals surface area (Å²) in [4.78, 5) is 4.55. The summed E-state index contributed by atoms with van der Waals surface area (Å²) in [6, 6.07) is 13.9. The maximum absolute atomic E-state index is 12.7. The second-order valence-corrected chi connectivity index (χ2v) is 8.75. The van der Waals surface area contributed by atoms with Crippen molar-refractivity contribution in [3.63, 3.8) is 0 Å². The Morgan fingerprint density at radius 3 is 2.37 bits per heavy atom. The summed E-state index contributed by atoms with van der Waals surface area (Å²) in [6.45, 7) is 5.49. The molecule has 0 aliphatic heterocycles. The van der Waals surface area contributed by atoms with Gasteiger partial charge in [-0.15, -0.1) is 0 Å². The van der Waals surface area contributed by atoms with Gasteiger partial charge in [0.2, 0.25) is 0 Å². The molecule has 0 saturated carbocycles. The van der Waals surface area contributed by atoms with Gasteiger partial charge in [-0.3, -0.25) is 4.72 Å². The van der Waals surface area contributed by atoms with Crippen LogP contribution in [0.1, 0.15) is 16.8 Å². The minimum absolute atomic E-state index is 0.129. The van der Waals surface area contributed by atoms with Crippen LogP contribution in [0.25, 0.3) is 11.1 Å². The van der Waals surface area contributed by atoms with E-state index in [1.807, 2.05) is 38.1 Å². The Hall–Kier alpha value is -2.08. The SMILES string of the molecule is Cc1ccc(Cl)cc1-c1ccc(NS(=O)(=O)c2cccc(Cl)c2C)nc1C. The first kappa shape index (κ1) is 19.7. The molecule has 3 aromatic rings. The predicted molar refractivity (Wildman–Crippen MR) is 111 cm³/mol. The van der Waals surface area contributed by atoms with Gasteiger partial charge in [0.15, 0.2) is 0 Å². The fourth-order valence-electron chi connectivity index (χ4n) is 2.86. The van der Waals surface area contributed by atoms with Crippen molar-refractivity contribution in [1.29, 1.82) is 0 Å². The molecule has 3 rings (SSSR count). The molecule has 140 valence electrons. The molecule has 4 nitrogen and oxygen atoms in total. The van der Waals surface area contributed by atoms with Gasteiger partial charge in [-0.25, -0.2) is 13.4 Å². The van der Waals surface area contributed by atoms with Crippen molar-refractivity contribution in [2.24, 2.45) is 0 Å². The third-order valence-corrected chi connectivity index (χ3v) is 6.47. The molecule has 0 aliphatic carbocycles. The van der Waals surface area contributed by atoms with E-state index in [4.69, 9.17) is 23.2 Å². The number of rotatable bonds is 4. The summed E-state index contributed by atoms with van der Waals surface area (Å²) < 4.78 is 27.9. The Morgan fingerprint density at radius 2 is 1.67 bits per heavy atom. The second kappa shape index (κ2) is 7.50. The lowest BCUT2D eigenvalue weighted by atomic mass is 10.00. The number of nitrogens with zero attached hydrogens (tertiary/aromatic N) is 1. The van der Waals surface area contributed by atoms with E-state index in [1.165, 1.54) is 6.07 Å². The number of anilines is 1. The molecule has 1 aromatic heterocycles. The topological polar surface area (TPSA) is 59.1 Å². The van der Waals surface area contributed by atoms with Crippen molar-refractivity contribution in [3.8, 4) is 11.1 Å². The highest BCUT2D eigenvalue weighted by atomic mass is 35.5. The first-order valence-corrected chi connectivity index (χ1v) is 10.4. The number of halogens is 2. The van der Waals surface area contributed by atoms with Crippen LogP contribution >= 0.6 is 23.2 Å². The van der Waals surface area contributed by atoms with Crippen molar-refractivity contribution >= 4 is 39.0 Å². The van der Waals surface area contributed by atoms with Gasteiger partial charge < -0.3 is 0 Å². The Balaban J connectivity index is 1.97. The van der Waals surface area contributed by atoms with Gasteiger partial charge in [0.05, 0.1) is 4.90 Å². The summed E-state index contributed by atoms with van der Waals surface area (Å²) in [7, 11) is -3.79. The third-order valence-electron chi connectivity index (χ3n) is 4.32. The maximum Gasteiger partial charge on any atom is 0.263 e. The van der Waals surface area contributed by atoms with E-state index in [9.17, 15) is 8.42 Å². The molecule has 0 bridgehead atoms. The first-order valence-electron chi connectivity index (χ1n) is 8.21. The van der Waals surface area contributed by atoms with E-state index in [0.717, 1.165) is 16.7 Å². The standard InChI is InChI=1S/C20H18Cl2N2O2S/c1-12-7-8-15(21)11-17(12)16-9-10-20(23-14(16)3)24-27(25,26)19-6-4-5-18(22)13(19)2/h4-11H,1-3H3,(H,23,24). The Labute approximate surface area is 169 Å². The van der Waals surface area contributed by atoms with E-state index >= 15 is 0 Å². The van der Waals surface area contributed by atoms with Gasteiger partial charge in [-0.05, 0) is 73.9 Å². The van der Waals surface area contributed by atoms with Gasteiger partial charge in [-0.2, -0.15) is 0 Å².